The topological polar surface area (TPSA) is 20.2 Å². The Bertz CT molecular complexity index is 569. The lowest BCUT2D eigenvalue weighted by Gasteiger charge is -2.13. The Morgan fingerprint density at radius 1 is 0.737 bits per heavy atom. The molecule has 0 aliphatic rings. The Labute approximate surface area is 115 Å². The minimum absolute atomic E-state index is 0.434. The van der Waals surface area contributed by atoms with Gasteiger partial charge in [-0.2, -0.15) is 0 Å². The summed E-state index contributed by atoms with van der Waals surface area (Å²) >= 11 is 0. The Morgan fingerprint density at radius 3 is 1.89 bits per heavy atom. The van der Waals surface area contributed by atoms with Crippen LogP contribution in [0.3, 0.4) is 0 Å². The van der Waals surface area contributed by atoms with E-state index < -0.39 is 0 Å². The maximum absolute atomic E-state index is 10.2. The molecular weight excluding hydrogens is 232 g/mol. The van der Waals surface area contributed by atoms with Crippen molar-refractivity contribution in [1.29, 1.82) is 0 Å². The molecule has 0 aromatic heterocycles. The van der Waals surface area contributed by atoms with Gasteiger partial charge in [-0.25, -0.2) is 0 Å². The lowest BCUT2D eigenvalue weighted by Crippen LogP contribution is -1.97. The Kier molecular flexibility index (Phi) is 3.66. The van der Waals surface area contributed by atoms with E-state index in [1.807, 2.05) is 13.0 Å². The molecule has 1 N–H and O–H groups in total. The number of hydrogen-bond donors (Lipinski definition) is 1. The summed E-state index contributed by atoms with van der Waals surface area (Å²) in [7, 11) is 0. The Morgan fingerprint density at radius 2 is 1.26 bits per heavy atom. The van der Waals surface area contributed by atoms with E-state index in [0.717, 1.165) is 17.5 Å². The summed E-state index contributed by atoms with van der Waals surface area (Å²) in [5.74, 6) is 0.434. The van der Waals surface area contributed by atoms with E-state index in [0.29, 0.717) is 5.75 Å². The molecule has 0 fully saturated rings. The zero-order valence-electron chi connectivity index (χ0n) is 12.5. The molecule has 0 saturated carbocycles. The summed E-state index contributed by atoms with van der Waals surface area (Å²) in [6.07, 6.45) is 0.794. The van der Waals surface area contributed by atoms with Crippen molar-refractivity contribution in [3.8, 4) is 5.75 Å². The first-order chi connectivity index (χ1) is 8.88. The Balaban J connectivity index is 2.47. The van der Waals surface area contributed by atoms with E-state index in [-0.39, 0.29) is 0 Å². The third kappa shape index (κ3) is 2.81. The molecular formula is C18H22O. The summed E-state index contributed by atoms with van der Waals surface area (Å²) in [5.41, 5.74) is 8.40. The van der Waals surface area contributed by atoms with E-state index >= 15 is 0 Å². The maximum atomic E-state index is 10.2. The van der Waals surface area contributed by atoms with Gasteiger partial charge in [0, 0.05) is 6.42 Å². The molecule has 0 atom stereocenters. The number of phenolic OH excluding ortho intramolecular Hbond substituents is 1. The highest BCUT2D eigenvalue weighted by Crippen LogP contribution is 2.28. The van der Waals surface area contributed by atoms with Crippen LogP contribution in [0.4, 0.5) is 0 Å². The molecule has 0 aliphatic heterocycles. The molecule has 2 rings (SSSR count). The van der Waals surface area contributed by atoms with Crippen LogP contribution in [-0.2, 0) is 6.42 Å². The highest BCUT2D eigenvalue weighted by Gasteiger charge is 2.09. The first-order valence-electron chi connectivity index (χ1n) is 6.74. The van der Waals surface area contributed by atoms with Gasteiger partial charge in [0.25, 0.3) is 0 Å². The van der Waals surface area contributed by atoms with E-state index in [1.165, 1.54) is 27.8 Å². The van der Waals surface area contributed by atoms with Crippen LogP contribution in [0.2, 0.25) is 0 Å². The predicted octanol–water partition coefficient (Wildman–Crippen LogP) is 4.53. The fourth-order valence-electron chi connectivity index (χ4n) is 2.70. The van der Waals surface area contributed by atoms with Crippen LogP contribution in [0.5, 0.6) is 5.75 Å². The van der Waals surface area contributed by atoms with Crippen molar-refractivity contribution >= 4 is 0 Å². The molecule has 19 heavy (non-hydrogen) atoms. The minimum Gasteiger partial charge on any atom is -0.507 e. The summed E-state index contributed by atoms with van der Waals surface area (Å²) in [6.45, 7) is 10.5. The van der Waals surface area contributed by atoms with Crippen molar-refractivity contribution in [2.75, 3.05) is 0 Å². The van der Waals surface area contributed by atoms with E-state index in [1.54, 1.807) is 0 Å². The molecule has 0 radical (unpaired) electrons. The number of phenols is 1. The van der Waals surface area contributed by atoms with Crippen LogP contribution >= 0.6 is 0 Å². The average Bonchev–Trinajstić information content (AvgIpc) is 2.31. The van der Waals surface area contributed by atoms with Crippen LogP contribution in [0.25, 0.3) is 0 Å². The standard InChI is InChI=1S/C18H22O/c1-11-6-13(3)15(5)16(8-11)10-17-9-12(2)7-14(4)18(17)19/h6-9,19H,10H2,1-5H3. The third-order valence-electron chi connectivity index (χ3n) is 3.82. The van der Waals surface area contributed by atoms with E-state index in [4.69, 9.17) is 0 Å². The number of aryl methyl sites for hydroxylation is 4. The Hall–Kier alpha value is -1.76. The fourth-order valence-corrected chi connectivity index (χ4v) is 2.70. The van der Waals surface area contributed by atoms with Gasteiger partial charge < -0.3 is 5.11 Å². The van der Waals surface area contributed by atoms with Gasteiger partial charge in [0.1, 0.15) is 5.75 Å². The highest BCUT2D eigenvalue weighted by atomic mass is 16.3. The molecule has 2 aromatic rings. The van der Waals surface area contributed by atoms with Crippen molar-refractivity contribution in [3.05, 3.63) is 63.2 Å². The van der Waals surface area contributed by atoms with Gasteiger partial charge in [-0.05, 0) is 62.4 Å². The van der Waals surface area contributed by atoms with E-state index in [2.05, 4.69) is 45.9 Å². The summed E-state index contributed by atoms with van der Waals surface area (Å²) in [4.78, 5) is 0. The summed E-state index contributed by atoms with van der Waals surface area (Å²) < 4.78 is 0. The molecule has 0 unspecified atom stereocenters. The van der Waals surface area contributed by atoms with Crippen LogP contribution < -0.4 is 0 Å². The van der Waals surface area contributed by atoms with Gasteiger partial charge in [0.15, 0.2) is 0 Å². The van der Waals surface area contributed by atoms with Crippen LogP contribution in [0.15, 0.2) is 24.3 Å². The van der Waals surface area contributed by atoms with Gasteiger partial charge in [0.05, 0.1) is 0 Å². The van der Waals surface area contributed by atoms with Gasteiger partial charge in [-0.15, -0.1) is 0 Å². The number of benzene rings is 2. The molecule has 1 heteroatoms. The van der Waals surface area contributed by atoms with Crippen molar-refractivity contribution in [1.82, 2.24) is 0 Å². The summed E-state index contributed by atoms with van der Waals surface area (Å²) in [6, 6.07) is 8.53. The van der Waals surface area contributed by atoms with Crippen molar-refractivity contribution < 1.29 is 5.11 Å². The van der Waals surface area contributed by atoms with Crippen molar-refractivity contribution in [2.24, 2.45) is 0 Å². The molecule has 2 aromatic carbocycles. The largest absolute Gasteiger partial charge is 0.507 e. The molecule has 0 bridgehead atoms. The second-order valence-corrected chi connectivity index (χ2v) is 5.63. The first-order valence-corrected chi connectivity index (χ1v) is 6.74. The molecule has 0 amide bonds. The molecule has 0 saturated heterocycles. The average molecular weight is 254 g/mol. The first kappa shape index (κ1) is 13.7. The van der Waals surface area contributed by atoms with Crippen LogP contribution in [-0.4, -0.2) is 5.11 Å². The lowest BCUT2D eigenvalue weighted by atomic mass is 9.93. The quantitative estimate of drug-likeness (QED) is 0.835. The predicted molar refractivity (Wildman–Crippen MR) is 81.0 cm³/mol. The zero-order valence-corrected chi connectivity index (χ0v) is 12.5. The molecule has 1 nitrogen and oxygen atoms in total. The molecule has 0 heterocycles. The minimum atomic E-state index is 0.434. The third-order valence-corrected chi connectivity index (χ3v) is 3.82. The number of hydrogen-bond acceptors (Lipinski definition) is 1. The fraction of sp³-hybridized carbons (Fsp3) is 0.333. The second-order valence-electron chi connectivity index (χ2n) is 5.63. The molecule has 0 aliphatic carbocycles. The smallest absolute Gasteiger partial charge is 0.122 e. The van der Waals surface area contributed by atoms with Crippen molar-refractivity contribution in [3.63, 3.8) is 0 Å². The zero-order chi connectivity index (χ0) is 14.2. The highest BCUT2D eigenvalue weighted by molar-refractivity contribution is 5.47. The van der Waals surface area contributed by atoms with Crippen molar-refractivity contribution in [2.45, 2.75) is 41.0 Å². The lowest BCUT2D eigenvalue weighted by molar-refractivity contribution is 0.465. The van der Waals surface area contributed by atoms with E-state index in [9.17, 15) is 5.11 Å². The monoisotopic (exact) mass is 254 g/mol. The van der Waals surface area contributed by atoms with Gasteiger partial charge >= 0.3 is 0 Å². The maximum Gasteiger partial charge on any atom is 0.122 e. The van der Waals surface area contributed by atoms with Gasteiger partial charge in [-0.1, -0.05) is 35.4 Å². The van der Waals surface area contributed by atoms with Crippen LogP contribution in [0, 0.1) is 34.6 Å². The molecule has 100 valence electrons. The number of aromatic hydroxyl groups is 1. The number of rotatable bonds is 2. The van der Waals surface area contributed by atoms with Gasteiger partial charge in [0.2, 0.25) is 0 Å². The SMILES string of the molecule is Cc1cc(C)c(C)c(Cc2cc(C)cc(C)c2O)c1. The molecule has 0 spiro atoms. The van der Waals surface area contributed by atoms with Gasteiger partial charge in [-0.3, -0.25) is 0 Å². The second kappa shape index (κ2) is 5.08. The summed E-state index contributed by atoms with van der Waals surface area (Å²) in [5, 5.41) is 10.2. The van der Waals surface area contributed by atoms with Crippen LogP contribution in [0.1, 0.15) is 38.9 Å². The normalized spacial score (nSPS) is 10.8.